The molecule has 0 aliphatic heterocycles. The van der Waals surface area contributed by atoms with E-state index < -0.39 is 0 Å². The van der Waals surface area contributed by atoms with Crippen LogP contribution in [0.3, 0.4) is 0 Å². The first-order chi connectivity index (χ1) is 6.68. The fraction of sp³-hybridized carbons (Fsp3) is 0.455. The molecule has 0 aliphatic rings. The number of benzene rings is 1. The third-order valence-electron chi connectivity index (χ3n) is 1.96. The quantitative estimate of drug-likeness (QED) is 0.726. The Balaban J connectivity index is 2.21. The van der Waals surface area contributed by atoms with Gasteiger partial charge in [0.25, 0.3) is 0 Å². The molecule has 0 heterocycles. The van der Waals surface area contributed by atoms with Crippen molar-refractivity contribution in [1.82, 2.24) is 4.90 Å². The number of nitrogens with one attached hydrogen (secondary N) is 1. The van der Waals surface area contributed by atoms with Crippen LogP contribution >= 0.6 is 0 Å². The summed E-state index contributed by atoms with van der Waals surface area (Å²) in [6, 6.07) is 6.44. The molecule has 3 heteroatoms. The van der Waals surface area contributed by atoms with Crippen molar-refractivity contribution < 1.29 is 4.39 Å². The van der Waals surface area contributed by atoms with Crippen LogP contribution in [0.25, 0.3) is 0 Å². The smallest absolute Gasteiger partial charge is 0.123 e. The first kappa shape index (κ1) is 11.0. The fourth-order valence-corrected chi connectivity index (χ4v) is 1.20. The molecule has 0 fully saturated rings. The molecule has 0 atom stereocenters. The Bertz CT molecular complexity index is 256. The third-order valence-corrected chi connectivity index (χ3v) is 1.96. The van der Waals surface area contributed by atoms with Crippen LogP contribution in [0.1, 0.15) is 6.42 Å². The summed E-state index contributed by atoms with van der Waals surface area (Å²) >= 11 is 0. The second-order valence-corrected chi connectivity index (χ2v) is 3.59. The van der Waals surface area contributed by atoms with Gasteiger partial charge in [-0.15, -0.1) is 0 Å². The SMILES string of the molecule is CN(C)CCCNc1ccc(F)cc1. The average molecular weight is 196 g/mol. The van der Waals surface area contributed by atoms with Crippen LogP contribution < -0.4 is 5.32 Å². The lowest BCUT2D eigenvalue weighted by atomic mass is 10.3. The lowest BCUT2D eigenvalue weighted by molar-refractivity contribution is 0.405. The zero-order valence-corrected chi connectivity index (χ0v) is 8.76. The molecule has 0 spiro atoms. The van der Waals surface area contributed by atoms with Gasteiger partial charge in [0, 0.05) is 12.2 Å². The van der Waals surface area contributed by atoms with E-state index in [9.17, 15) is 4.39 Å². The number of hydrogen-bond donors (Lipinski definition) is 1. The van der Waals surface area contributed by atoms with Gasteiger partial charge in [-0.1, -0.05) is 0 Å². The Kier molecular flexibility index (Phi) is 4.40. The molecule has 0 aromatic heterocycles. The molecule has 1 rings (SSSR count). The molecule has 0 amide bonds. The third kappa shape index (κ3) is 4.23. The van der Waals surface area contributed by atoms with Gasteiger partial charge < -0.3 is 10.2 Å². The molecule has 1 N–H and O–H groups in total. The number of rotatable bonds is 5. The highest BCUT2D eigenvalue weighted by Gasteiger charge is 1.93. The van der Waals surface area contributed by atoms with Gasteiger partial charge in [-0.2, -0.15) is 0 Å². The van der Waals surface area contributed by atoms with E-state index in [0.29, 0.717) is 0 Å². The maximum Gasteiger partial charge on any atom is 0.123 e. The van der Waals surface area contributed by atoms with Crippen molar-refractivity contribution in [3.8, 4) is 0 Å². The minimum Gasteiger partial charge on any atom is -0.385 e. The van der Waals surface area contributed by atoms with Crippen LogP contribution in [0.5, 0.6) is 0 Å². The summed E-state index contributed by atoms with van der Waals surface area (Å²) in [7, 11) is 4.11. The van der Waals surface area contributed by atoms with Crippen LogP contribution in [-0.4, -0.2) is 32.1 Å². The van der Waals surface area contributed by atoms with Gasteiger partial charge in [-0.25, -0.2) is 4.39 Å². The van der Waals surface area contributed by atoms with Crippen LogP contribution in [0.2, 0.25) is 0 Å². The molecule has 0 bridgehead atoms. The minimum absolute atomic E-state index is 0.191. The van der Waals surface area contributed by atoms with Crippen LogP contribution in [0, 0.1) is 5.82 Å². The van der Waals surface area contributed by atoms with E-state index in [1.54, 1.807) is 12.1 Å². The van der Waals surface area contributed by atoms with Gasteiger partial charge in [0.15, 0.2) is 0 Å². The highest BCUT2D eigenvalue weighted by atomic mass is 19.1. The largest absolute Gasteiger partial charge is 0.385 e. The van der Waals surface area contributed by atoms with Gasteiger partial charge in [0.2, 0.25) is 0 Å². The minimum atomic E-state index is -0.191. The Morgan fingerprint density at radius 2 is 1.86 bits per heavy atom. The van der Waals surface area contributed by atoms with Crippen molar-refractivity contribution in [3.63, 3.8) is 0 Å². The summed E-state index contributed by atoms with van der Waals surface area (Å²) in [6.07, 6.45) is 1.09. The van der Waals surface area contributed by atoms with Crippen molar-refractivity contribution in [1.29, 1.82) is 0 Å². The van der Waals surface area contributed by atoms with E-state index in [1.807, 2.05) is 0 Å². The van der Waals surface area contributed by atoms with E-state index in [2.05, 4.69) is 24.3 Å². The lowest BCUT2D eigenvalue weighted by Crippen LogP contribution is -2.16. The van der Waals surface area contributed by atoms with E-state index in [1.165, 1.54) is 12.1 Å². The molecule has 0 saturated carbocycles. The molecule has 0 unspecified atom stereocenters. The van der Waals surface area contributed by atoms with E-state index in [4.69, 9.17) is 0 Å². The highest BCUT2D eigenvalue weighted by Crippen LogP contribution is 2.07. The zero-order valence-electron chi connectivity index (χ0n) is 8.76. The first-order valence-corrected chi connectivity index (χ1v) is 4.82. The molecule has 1 aromatic carbocycles. The van der Waals surface area contributed by atoms with Crippen LogP contribution in [0.15, 0.2) is 24.3 Å². The Labute approximate surface area is 84.7 Å². The van der Waals surface area contributed by atoms with E-state index in [0.717, 1.165) is 25.2 Å². The highest BCUT2D eigenvalue weighted by molar-refractivity contribution is 5.42. The monoisotopic (exact) mass is 196 g/mol. The van der Waals surface area contributed by atoms with Gasteiger partial charge >= 0.3 is 0 Å². The summed E-state index contributed by atoms with van der Waals surface area (Å²) in [5.41, 5.74) is 0.977. The second kappa shape index (κ2) is 5.60. The summed E-state index contributed by atoms with van der Waals surface area (Å²) in [5.74, 6) is -0.191. The Morgan fingerprint density at radius 1 is 1.21 bits per heavy atom. The van der Waals surface area contributed by atoms with Gasteiger partial charge in [0.1, 0.15) is 5.82 Å². The number of halogens is 1. The molecule has 14 heavy (non-hydrogen) atoms. The molecule has 78 valence electrons. The molecule has 1 aromatic rings. The molecule has 0 aliphatic carbocycles. The number of nitrogens with zero attached hydrogens (tertiary/aromatic N) is 1. The molecule has 0 saturated heterocycles. The van der Waals surface area contributed by atoms with Gasteiger partial charge in [-0.3, -0.25) is 0 Å². The lowest BCUT2D eigenvalue weighted by Gasteiger charge is -2.10. The predicted molar refractivity (Wildman–Crippen MR) is 58.1 cm³/mol. The summed E-state index contributed by atoms with van der Waals surface area (Å²) < 4.78 is 12.5. The molecular formula is C11H17FN2. The van der Waals surface area contributed by atoms with E-state index >= 15 is 0 Å². The van der Waals surface area contributed by atoms with Crippen LogP contribution in [0.4, 0.5) is 10.1 Å². The maximum atomic E-state index is 12.5. The summed E-state index contributed by atoms with van der Waals surface area (Å²) in [4.78, 5) is 2.15. The van der Waals surface area contributed by atoms with Crippen molar-refractivity contribution in [3.05, 3.63) is 30.1 Å². The standard InChI is InChI=1S/C11H17FN2/c1-14(2)9-3-8-13-11-6-4-10(12)5-7-11/h4-7,13H,3,8-9H2,1-2H3. The Morgan fingerprint density at radius 3 is 2.43 bits per heavy atom. The topological polar surface area (TPSA) is 15.3 Å². The average Bonchev–Trinajstić information content (AvgIpc) is 2.15. The van der Waals surface area contributed by atoms with Crippen molar-refractivity contribution in [2.45, 2.75) is 6.42 Å². The van der Waals surface area contributed by atoms with Crippen LogP contribution in [-0.2, 0) is 0 Å². The van der Waals surface area contributed by atoms with E-state index in [-0.39, 0.29) is 5.82 Å². The molecular weight excluding hydrogens is 179 g/mol. The fourth-order valence-electron chi connectivity index (χ4n) is 1.20. The van der Waals surface area contributed by atoms with Crippen molar-refractivity contribution in [2.75, 3.05) is 32.5 Å². The van der Waals surface area contributed by atoms with Crippen molar-refractivity contribution in [2.24, 2.45) is 0 Å². The normalized spacial score (nSPS) is 10.6. The summed E-state index contributed by atoms with van der Waals surface area (Å²) in [6.45, 7) is 1.98. The second-order valence-electron chi connectivity index (χ2n) is 3.59. The van der Waals surface area contributed by atoms with Gasteiger partial charge in [0.05, 0.1) is 0 Å². The number of hydrogen-bond acceptors (Lipinski definition) is 2. The molecule has 0 radical (unpaired) electrons. The predicted octanol–water partition coefficient (Wildman–Crippen LogP) is 2.19. The van der Waals surface area contributed by atoms with Gasteiger partial charge in [-0.05, 0) is 51.3 Å². The number of anilines is 1. The Hall–Kier alpha value is -1.09. The van der Waals surface area contributed by atoms with Crippen molar-refractivity contribution >= 4 is 5.69 Å². The first-order valence-electron chi connectivity index (χ1n) is 4.82. The molecule has 2 nitrogen and oxygen atoms in total. The zero-order chi connectivity index (χ0) is 10.4. The maximum absolute atomic E-state index is 12.5. The summed E-state index contributed by atoms with van der Waals surface area (Å²) in [5, 5.41) is 3.23.